The topological polar surface area (TPSA) is 79.4 Å². The summed E-state index contributed by atoms with van der Waals surface area (Å²) in [4.78, 5) is 8.15. The Kier molecular flexibility index (Phi) is 3.79. The zero-order valence-corrected chi connectivity index (χ0v) is 12.0. The summed E-state index contributed by atoms with van der Waals surface area (Å²) in [7, 11) is 0. The molecule has 1 aromatic carbocycles. The second kappa shape index (κ2) is 6.06. The van der Waals surface area contributed by atoms with Crippen LogP contribution in [0.2, 0.25) is 0 Å². The Labute approximate surface area is 128 Å². The molecule has 22 heavy (non-hydrogen) atoms. The third-order valence-corrected chi connectivity index (χ3v) is 3.33. The number of rotatable bonds is 4. The van der Waals surface area contributed by atoms with Gasteiger partial charge in [0.25, 0.3) is 0 Å². The largest absolute Gasteiger partial charge is 0.364 e. The SMILES string of the molecule is CC(Nc1ccc(C#N)cn1)c1ccc(-n2cncn2)cc1. The minimum atomic E-state index is 0.102. The van der Waals surface area contributed by atoms with Crippen molar-refractivity contribution in [3.63, 3.8) is 0 Å². The van der Waals surface area contributed by atoms with Gasteiger partial charge in [0.15, 0.2) is 0 Å². The molecule has 1 unspecified atom stereocenters. The Morgan fingerprint density at radius 3 is 2.59 bits per heavy atom. The number of anilines is 1. The highest BCUT2D eigenvalue weighted by atomic mass is 15.3. The van der Waals surface area contributed by atoms with Gasteiger partial charge < -0.3 is 5.32 Å². The number of hydrogen-bond acceptors (Lipinski definition) is 5. The van der Waals surface area contributed by atoms with E-state index in [9.17, 15) is 0 Å². The second-order valence-corrected chi connectivity index (χ2v) is 4.84. The molecule has 0 bridgehead atoms. The minimum Gasteiger partial charge on any atom is -0.364 e. The fourth-order valence-electron chi connectivity index (χ4n) is 2.11. The van der Waals surface area contributed by atoms with Crippen LogP contribution < -0.4 is 5.32 Å². The van der Waals surface area contributed by atoms with Crippen LogP contribution in [-0.4, -0.2) is 19.7 Å². The number of nitriles is 1. The van der Waals surface area contributed by atoms with Crippen molar-refractivity contribution in [1.82, 2.24) is 19.7 Å². The van der Waals surface area contributed by atoms with Crippen LogP contribution >= 0.6 is 0 Å². The third kappa shape index (κ3) is 2.94. The van der Waals surface area contributed by atoms with E-state index in [0.717, 1.165) is 17.1 Å². The lowest BCUT2D eigenvalue weighted by atomic mass is 10.1. The maximum absolute atomic E-state index is 8.77. The van der Waals surface area contributed by atoms with Crippen LogP contribution in [0.5, 0.6) is 0 Å². The maximum atomic E-state index is 8.77. The van der Waals surface area contributed by atoms with Crippen molar-refractivity contribution in [1.29, 1.82) is 5.26 Å². The lowest BCUT2D eigenvalue weighted by Crippen LogP contribution is -2.08. The molecule has 0 fully saturated rings. The van der Waals surface area contributed by atoms with Gasteiger partial charge in [-0.05, 0) is 36.8 Å². The molecule has 0 amide bonds. The highest BCUT2D eigenvalue weighted by molar-refractivity contribution is 5.42. The predicted molar refractivity (Wildman–Crippen MR) is 82.3 cm³/mol. The smallest absolute Gasteiger partial charge is 0.138 e. The first kappa shape index (κ1) is 13.8. The highest BCUT2D eigenvalue weighted by Gasteiger charge is 2.07. The van der Waals surface area contributed by atoms with Crippen molar-refractivity contribution < 1.29 is 0 Å². The molecule has 0 radical (unpaired) electrons. The van der Waals surface area contributed by atoms with Crippen LogP contribution in [0.4, 0.5) is 5.82 Å². The first-order valence-electron chi connectivity index (χ1n) is 6.84. The average molecular weight is 290 g/mol. The van der Waals surface area contributed by atoms with Crippen molar-refractivity contribution in [3.05, 3.63) is 66.4 Å². The Bertz CT molecular complexity index is 769. The molecular formula is C16H14N6. The van der Waals surface area contributed by atoms with E-state index in [-0.39, 0.29) is 6.04 Å². The molecule has 2 heterocycles. The van der Waals surface area contributed by atoms with E-state index in [1.165, 1.54) is 6.33 Å². The van der Waals surface area contributed by atoms with Gasteiger partial charge >= 0.3 is 0 Å². The summed E-state index contributed by atoms with van der Waals surface area (Å²) in [6.07, 6.45) is 4.73. The van der Waals surface area contributed by atoms with Gasteiger partial charge in [-0.25, -0.2) is 14.6 Å². The van der Waals surface area contributed by atoms with Gasteiger partial charge in [0, 0.05) is 12.2 Å². The first-order valence-corrected chi connectivity index (χ1v) is 6.84. The summed E-state index contributed by atoms with van der Waals surface area (Å²) in [6, 6.07) is 13.8. The van der Waals surface area contributed by atoms with Crippen LogP contribution in [0, 0.1) is 11.3 Å². The van der Waals surface area contributed by atoms with Crippen molar-refractivity contribution >= 4 is 5.82 Å². The molecule has 2 aromatic heterocycles. The summed E-state index contributed by atoms with van der Waals surface area (Å²) >= 11 is 0. The predicted octanol–water partition coefficient (Wildman–Crippen LogP) is 2.71. The molecule has 0 saturated carbocycles. The molecule has 1 atom stereocenters. The van der Waals surface area contributed by atoms with E-state index >= 15 is 0 Å². The summed E-state index contributed by atoms with van der Waals surface area (Å²) < 4.78 is 1.71. The van der Waals surface area contributed by atoms with Crippen molar-refractivity contribution in [3.8, 4) is 11.8 Å². The van der Waals surface area contributed by atoms with E-state index in [4.69, 9.17) is 5.26 Å². The quantitative estimate of drug-likeness (QED) is 0.799. The minimum absolute atomic E-state index is 0.102. The van der Waals surface area contributed by atoms with Crippen LogP contribution in [-0.2, 0) is 0 Å². The highest BCUT2D eigenvalue weighted by Crippen LogP contribution is 2.19. The molecule has 0 aliphatic heterocycles. The van der Waals surface area contributed by atoms with E-state index in [1.807, 2.05) is 24.3 Å². The molecule has 6 heteroatoms. The van der Waals surface area contributed by atoms with Crippen LogP contribution in [0.15, 0.2) is 55.2 Å². The van der Waals surface area contributed by atoms with E-state index < -0.39 is 0 Å². The number of hydrogen-bond donors (Lipinski definition) is 1. The molecule has 6 nitrogen and oxygen atoms in total. The first-order chi connectivity index (χ1) is 10.8. The van der Waals surface area contributed by atoms with E-state index in [0.29, 0.717) is 5.56 Å². The van der Waals surface area contributed by atoms with Crippen molar-refractivity contribution in [2.45, 2.75) is 13.0 Å². The Balaban J connectivity index is 1.71. The fourth-order valence-corrected chi connectivity index (χ4v) is 2.11. The molecule has 0 aliphatic rings. The number of pyridine rings is 1. The van der Waals surface area contributed by atoms with Gasteiger partial charge in [-0.1, -0.05) is 12.1 Å². The monoisotopic (exact) mass is 290 g/mol. The lowest BCUT2D eigenvalue weighted by molar-refractivity contribution is 0.858. The Morgan fingerprint density at radius 2 is 2.00 bits per heavy atom. The fraction of sp³-hybridized carbons (Fsp3) is 0.125. The molecule has 0 spiro atoms. The van der Waals surface area contributed by atoms with Gasteiger partial charge in [0.05, 0.1) is 11.3 Å². The standard InChI is InChI=1S/C16H14N6/c1-12(21-16-7-2-13(8-17)9-19-16)14-3-5-15(6-4-14)22-11-18-10-20-22/h2-7,9-12H,1H3,(H,19,21). The lowest BCUT2D eigenvalue weighted by Gasteiger charge is -2.15. The second-order valence-electron chi connectivity index (χ2n) is 4.84. The van der Waals surface area contributed by atoms with Crippen LogP contribution in [0.25, 0.3) is 5.69 Å². The summed E-state index contributed by atoms with van der Waals surface area (Å²) in [6.45, 7) is 2.06. The number of nitrogens with zero attached hydrogens (tertiary/aromatic N) is 5. The zero-order valence-electron chi connectivity index (χ0n) is 12.0. The molecule has 0 aliphatic carbocycles. The normalized spacial score (nSPS) is 11.6. The van der Waals surface area contributed by atoms with Gasteiger partial charge in [-0.2, -0.15) is 10.4 Å². The maximum Gasteiger partial charge on any atom is 0.138 e. The summed E-state index contributed by atoms with van der Waals surface area (Å²) in [5, 5.41) is 16.2. The molecule has 3 aromatic rings. The van der Waals surface area contributed by atoms with E-state index in [1.54, 1.807) is 29.3 Å². The number of benzene rings is 1. The van der Waals surface area contributed by atoms with E-state index in [2.05, 4.69) is 33.4 Å². The molecular weight excluding hydrogens is 276 g/mol. The van der Waals surface area contributed by atoms with Gasteiger partial charge in [0.2, 0.25) is 0 Å². The molecule has 108 valence electrons. The number of nitrogens with one attached hydrogen (secondary N) is 1. The van der Waals surface area contributed by atoms with Crippen LogP contribution in [0.3, 0.4) is 0 Å². The summed E-state index contributed by atoms with van der Waals surface area (Å²) in [5.41, 5.74) is 2.65. The van der Waals surface area contributed by atoms with Crippen molar-refractivity contribution in [2.75, 3.05) is 5.32 Å². The van der Waals surface area contributed by atoms with Crippen LogP contribution in [0.1, 0.15) is 24.1 Å². The van der Waals surface area contributed by atoms with Gasteiger partial charge in [-0.15, -0.1) is 0 Å². The summed E-state index contributed by atoms with van der Waals surface area (Å²) in [5.74, 6) is 0.742. The van der Waals surface area contributed by atoms with Gasteiger partial charge in [0.1, 0.15) is 24.5 Å². The Hall–Kier alpha value is -3.20. The van der Waals surface area contributed by atoms with Crippen molar-refractivity contribution in [2.24, 2.45) is 0 Å². The molecule has 3 rings (SSSR count). The molecule has 1 N–H and O–H groups in total. The Morgan fingerprint density at radius 1 is 1.18 bits per heavy atom. The number of aromatic nitrogens is 4. The average Bonchev–Trinajstić information content (AvgIpc) is 3.10. The zero-order chi connectivity index (χ0) is 15.4. The molecule has 0 saturated heterocycles. The van der Waals surface area contributed by atoms with Gasteiger partial charge in [-0.3, -0.25) is 0 Å². The third-order valence-electron chi connectivity index (χ3n) is 3.33.